The fraction of sp³-hybridized carbons (Fsp3) is 0.286. The van der Waals surface area contributed by atoms with E-state index in [0.717, 1.165) is 29.7 Å². The van der Waals surface area contributed by atoms with E-state index in [-0.39, 0.29) is 10.8 Å². The number of carbonyl (C=O) groups excluding carboxylic acids is 1. The van der Waals surface area contributed by atoms with Gasteiger partial charge < -0.3 is 5.32 Å². The summed E-state index contributed by atoms with van der Waals surface area (Å²) in [6.45, 7) is 5.77. The van der Waals surface area contributed by atoms with Crippen molar-refractivity contribution in [2.75, 3.05) is 12.4 Å². The molecule has 3 rings (SSSR count). The fourth-order valence-corrected chi connectivity index (χ4v) is 4.11. The summed E-state index contributed by atoms with van der Waals surface area (Å²) >= 11 is 0. The lowest BCUT2D eigenvalue weighted by Crippen LogP contribution is -2.20. The molecule has 2 N–H and O–H groups in total. The maximum atomic E-state index is 12.7. The minimum absolute atomic E-state index is 0.127. The molecule has 7 nitrogen and oxygen atoms in total. The SMILES string of the molecule is CCc1nc2ccc(C(=O)Nc3ccc(C)c(S(=O)(=O)NC)c3)cc2nc1CC. The minimum atomic E-state index is -3.61. The predicted molar refractivity (Wildman–Crippen MR) is 114 cm³/mol. The zero-order valence-electron chi connectivity index (χ0n) is 16.9. The summed E-state index contributed by atoms with van der Waals surface area (Å²) in [5, 5.41) is 2.76. The van der Waals surface area contributed by atoms with Crippen LogP contribution in [0.25, 0.3) is 11.0 Å². The van der Waals surface area contributed by atoms with Crippen LogP contribution in [0.2, 0.25) is 0 Å². The largest absolute Gasteiger partial charge is 0.322 e. The second-order valence-corrected chi connectivity index (χ2v) is 8.52. The Morgan fingerprint density at radius 2 is 1.62 bits per heavy atom. The van der Waals surface area contributed by atoms with Gasteiger partial charge in [-0.3, -0.25) is 4.79 Å². The van der Waals surface area contributed by atoms with Crippen molar-refractivity contribution in [1.29, 1.82) is 0 Å². The minimum Gasteiger partial charge on any atom is -0.322 e. The van der Waals surface area contributed by atoms with Gasteiger partial charge in [-0.05, 0) is 62.7 Å². The summed E-state index contributed by atoms with van der Waals surface area (Å²) in [7, 11) is -2.26. The Morgan fingerprint density at radius 1 is 0.966 bits per heavy atom. The predicted octanol–water partition coefficient (Wildman–Crippen LogP) is 3.22. The summed E-state index contributed by atoms with van der Waals surface area (Å²) in [5.41, 5.74) is 4.72. The summed E-state index contributed by atoms with van der Waals surface area (Å²) in [6, 6.07) is 9.95. The zero-order chi connectivity index (χ0) is 21.2. The van der Waals surface area contributed by atoms with E-state index in [4.69, 9.17) is 0 Å². The summed E-state index contributed by atoms with van der Waals surface area (Å²) in [4.78, 5) is 22.1. The van der Waals surface area contributed by atoms with E-state index in [1.807, 2.05) is 13.8 Å². The van der Waals surface area contributed by atoms with Crippen LogP contribution in [0, 0.1) is 6.92 Å². The van der Waals surface area contributed by atoms with Crippen LogP contribution < -0.4 is 10.0 Å². The first kappa shape index (κ1) is 20.9. The van der Waals surface area contributed by atoms with Crippen molar-refractivity contribution >= 4 is 32.7 Å². The van der Waals surface area contributed by atoms with Gasteiger partial charge in [0.25, 0.3) is 5.91 Å². The summed E-state index contributed by atoms with van der Waals surface area (Å²) in [6.07, 6.45) is 1.58. The van der Waals surface area contributed by atoms with Crippen LogP contribution in [0.3, 0.4) is 0 Å². The van der Waals surface area contributed by atoms with E-state index >= 15 is 0 Å². The number of amides is 1. The molecule has 0 aliphatic heterocycles. The van der Waals surface area contributed by atoms with Crippen molar-refractivity contribution in [1.82, 2.24) is 14.7 Å². The van der Waals surface area contributed by atoms with Gasteiger partial charge in [-0.1, -0.05) is 19.9 Å². The molecular weight excluding hydrogens is 388 g/mol. The molecule has 0 saturated carbocycles. The van der Waals surface area contributed by atoms with E-state index in [2.05, 4.69) is 20.0 Å². The van der Waals surface area contributed by atoms with Crippen LogP contribution in [-0.4, -0.2) is 31.3 Å². The Morgan fingerprint density at radius 3 is 2.24 bits per heavy atom. The molecule has 0 atom stereocenters. The standard InChI is InChI=1S/C21H24N4O3S/c1-5-16-17(6-2)25-19-11-14(8-10-18(19)24-16)21(26)23-15-9-7-13(3)20(12-15)29(27,28)22-4/h7-12,22H,5-6H2,1-4H3,(H,23,26). The van der Waals surface area contributed by atoms with Crippen LogP contribution in [0.5, 0.6) is 0 Å². The van der Waals surface area contributed by atoms with Gasteiger partial charge in [-0.2, -0.15) is 0 Å². The van der Waals surface area contributed by atoms with Crippen molar-refractivity contribution in [3.05, 3.63) is 58.9 Å². The first-order valence-electron chi connectivity index (χ1n) is 9.44. The number of nitrogens with zero attached hydrogens (tertiary/aromatic N) is 2. The van der Waals surface area contributed by atoms with Crippen molar-refractivity contribution in [3.8, 4) is 0 Å². The van der Waals surface area contributed by atoms with E-state index < -0.39 is 10.0 Å². The molecule has 0 aliphatic carbocycles. The topological polar surface area (TPSA) is 101 Å². The Bertz CT molecular complexity index is 1190. The number of carbonyl (C=O) groups is 1. The van der Waals surface area contributed by atoms with Crippen molar-refractivity contribution in [2.45, 2.75) is 38.5 Å². The molecule has 0 bridgehead atoms. The van der Waals surface area contributed by atoms with Gasteiger partial charge in [0.05, 0.1) is 27.3 Å². The smallest absolute Gasteiger partial charge is 0.255 e. The second kappa shape index (κ2) is 8.26. The van der Waals surface area contributed by atoms with Gasteiger partial charge in [0.2, 0.25) is 10.0 Å². The third-order valence-electron chi connectivity index (χ3n) is 4.76. The van der Waals surface area contributed by atoms with Crippen LogP contribution in [-0.2, 0) is 22.9 Å². The van der Waals surface area contributed by atoms with Gasteiger partial charge in [-0.15, -0.1) is 0 Å². The number of fused-ring (bicyclic) bond motifs is 1. The Kier molecular flexibility index (Phi) is 5.95. The fourth-order valence-electron chi connectivity index (χ4n) is 3.12. The third kappa shape index (κ3) is 4.28. The van der Waals surface area contributed by atoms with Gasteiger partial charge in [-0.25, -0.2) is 23.1 Å². The zero-order valence-corrected chi connectivity index (χ0v) is 17.7. The summed E-state index contributed by atoms with van der Waals surface area (Å²) in [5.74, 6) is -0.344. The third-order valence-corrected chi connectivity index (χ3v) is 6.31. The van der Waals surface area contributed by atoms with Crippen molar-refractivity contribution < 1.29 is 13.2 Å². The van der Waals surface area contributed by atoms with Gasteiger partial charge in [0, 0.05) is 11.3 Å². The quantitative estimate of drug-likeness (QED) is 0.647. The molecule has 1 aromatic heterocycles. The molecule has 8 heteroatoms. The molecule has 1 amide bonds. The average Bonchev–Trinajstić information content (AvgIpc) is 2.73. The van der Waals surface area contributed by atoms with Crippen LogP contribution in [0.1, 0.15) is 41.2 Å². The highest BCUT2D eigenvalue weighted by Gasteiger charge is 2.16. The monoisotopic (exact) mass is 412 g/mol. The number of hydrogen-bond donors (Lipinski definition) is 2. The summed E-state index contributed by atoms with van der Waals surface area (Å²) < 4.78 is 26.6. The van der Waals surface area contributed by atoms with Crippen molar-refractivity contribution in [2.24, 2.45) is 0 Å². The van der Waals surface area contributed by atoms with E-state index in [0.29, 0.717) is 22.3 Å². The molecule has 0 fully saturated rings. The average molecular weight is 413 g/mol. The molecule has 29 heavy (non-hydrogen) atoms. The molecule has 0 spiro atoms. The van der Waals surface area contributed by atoms with E-state index in [1.54, 1.807) is 37.3 Å². The molecule has 0 aliphatic rings. The number of hydrogen-bond acceptors (Lipinski definition) is 5. The van der Waals surface area contributed by atoms with E-state index in [9.17, 15) is 13.2 Å². The molecule has 1 heterocycles. The number of anilines is 1. The first-order chi connectivity index (χ1) is 13.8. The number of benzene rings is 2. The Hall–Kier alpha value is -2.84. The molecule has 0 unspecified atom stereocenters. The van der Waals surface area contributed by atoms with Gasteiger partial charge >= 0.3 is 0 Å². The van der Waals surface area contributed by atoms with Crippen molar-refractivity contribution in [3.63, 3.8) is 0 Å². The Balaban J connectivity index is 1.93. The normalized spacial score (nSPS) is 11.6. The van der Waals surface area contributed by atoms with Crippen LogP contribution in [0.15, 0.2) is 41.3 Å². The molecule has 3 aromatic rings. The molecule has 152 valence electrons. The lowest BCUT2D eigenvalue weighted by molar-refractivity contribution is 0.102. The molecule has 2 aromatic carbocycles. The number of rotatable bonds is 6. The highest BCUT2D eigenvalue weighted by Crippen LogP contribution is 2.21. The number of aryl methyl sites for hydroxylation is 3. The number of sulfonamides is 1. The lowest BCUT2D eigenvalue weighted by atomic mass is 10.1. The number of aromatic nitrogens is 2. The first-order valence-corrected chi connectivity index (χ1v) is 10.9. The van der Waals surface area contributed by atoms with Gasteiger partial charge in [0.15, 0.2) is 0 Å². The molecule has 0 saturated heterocycles. The molecular formula is C21H24N4O3S. The van der Waals surface area contributed by atoms with Gasteiger partial charge in [0.1, 0.15) is 0 Å². The molecule has 0 radical (unpaired) electrons. The maximum absolute atomic E-state index is 12.7. The van der Waals surface area contributed by atoms with E-state index in [1.165, 1.54) is 13.1 Å². The van der Waals surface area contributed by atoms with Crippen LogP contribution in [0.4, 0.5) is 5.69 Å². The Labute approximate surface area is 170 Å². The highest BCUT2D eigenvalue weighted by molar-refractivity contribution is 7.89. The van der Waals surface area contributed by atoms with Crippen LogP contribution >= 0.6 is 0 Å². The maximum Gasteiger partial charge on any atom is 0.255 e. The lowest BCUT2D eigenvalue weighted by Gasteiger charge is -2.11. The highest BCUT2D eigenvalue weighted by atomic mass is 32.2. The number of nitrogens with one attached hydrogen (secondary N) is 2. The second-order valence-electron chi connectivity index (χ2n) is 6.67.